The average Bonchev–Trinajstić information content (AvgIpc) is 2.67. The number of rotatable bonds is 4. The highest BCUT2D eigenvalue weighted by Gasteiger charge is 2.10. The number of pyridine rings is 1. The summed E-state index contributed by atoms with van der Waals surface area (Å²) in [4.78, 5) is 6.82. The molecule has 2 heterocycles. The van der Waals surface area contributed by atoms with Crippen LogP contribution in [0.4, 0.5) is 0 Å². The van der Waals surface area contributed by atoms with Gasteiger partial charge >= 0.3 is 0 Å². The van der Waals surface area contributed by atoms with E-state index in [1.54, 1.807) is 0 Å². The zero-order chi connectivity index (χ0) is 12.3. The fourth-order valence-electron chi connectivity index (χ4n) is 1.96. The third-order valence-electron chi connectivity index (χ3n) is 2.91. The smallest absolute Gasteiger partial charge is 0.0305 e. The predicted octanol–water partition coefficient (Wildman–Crippen LogP) is 3.61. The summed E-state index contributed by atoms with van der Waals surface area (Å²) < 4.78 is 0. The summed E-state index contributed by atoms with van der Waals surface area (Å²) in [5.41, 5.74) is 2.69. The molecular formula is C14H18N2S. The van der Waals surface area contributed by atoms with Gasteiger partial charge in [-0.15, -0.1) is 11.3 Å². The standard InChI is InChI=1S/C14H18N2S/c1-10-8-14(12(3)17-10)11(2)16-9-13-4-6-15-7-5-13/h4-8,11,16H,9H2,1-3H3. The maximum Gasteiger partial charge on any atom is 0.0305 e. The molecule has 0 saturated heterocycles. The maximum absolute atomic E-state index is 4.02. The van der Waals surface area contributed by atoms with Crippen molar-refractivity contribution in [2.24, 2.45) is 0 Å². The van der Waals surface area contributed by atoms with Gasteiger partial charge in [-0.05, 0) is 50.1 Å². The van der Waals surface area contributed by atoms with Crippen molar-refractivity contribution in [2.45, 2.75) is 33.4 Å². The minimum Gasteiger partial charge on any atom is -0.306 e. The normalized spacial score (nSPS) is 12.6. The van der Waals surface area contributed by atoms with Gasteiger partial charge in [-0.1, -0.05) is 0 Å². The number of hydrogen-bond donors (Lipinski definition) is 1. The summed E-state index contributed by atoms with van der Waals surface area (Å²) in [6.07, 6.45) is 3.67. The van der Waals surface area contributed by atoms with Crippen molar-refractivity contribution in [2.75, 3.05) is 0 Å². The van der Waals surface area contributed by atoms with Gasteiger partial charge in [0.2, 0.25) is 0 Å². The molecule has 0 bridgehead atoms. The summed E-state index contributed by atoms with van der Waals surface area (Å²) in [6, 6.07) is 6.77. The molecule has 2 aromatic rings. The molecule has 0 spiro atoms. The van der Waals surface area contributed by atoms with Crippen molar-refractivity contribution in [1.29, 1.82) is 0 Å². The van der Waals surface area contributed by atoms with Gasteiger partial charge in [-0.25, -0.2) is 0 Å². The van der Waals surface area contributed by atoms with E-state index in [1.165, 1.54) is 20.9 Å². The molecule has 90 valence electrons. The second-order valence-corrected chi connectivity index (χ2v) is 5.79. The Hall–Kier alpha value is -1.19. The lowest BCUT2D eigenvalue weighted by atomic mass is 10.1. The molecule has 0 radical (unpaired) electrons. The van der Waals surface area contributed by atoms with E-state index in [4.69, 9.17) is 0 Å². The zero-order valence-electron chi connectivity index (χ0n) is 10.5. The quantitative estimate of drug-likeness (QED) is 0.891. The van der Waals surface area contributed by atoms with Crippen LogP contribution in [0, 0.1) is 13.8 Å². The number of thiophene rings is 1. The molecule has 0 fully saturated rings. The summed E-state index contributed by atoms with van der Waals surface area (Å²) in [5, 5.41) is 3.55. The van der Waals surface area contributed by atoms with Crippen molar-refractivity contribution < 1.29 is 0 Å². The number of aryl methyl sites for hydroxylation is 2. The van der Waals surface area contributed by atoms with E-state index in [2.05, 4.69) is 37.1 Å². The van der Waals surface area contributed by atoms with Gasteiger partial charge in [0.05, 0.1) is 0 Å². The van der Waals surface area contributed by atoms with Crippen LogP contribution < -0.4 is 5.32 Å². The molecule has 0 aliphatic rings. The Bertz CT molecular complexity index is 476. The summed E-state index contributed by atoms with van der Waals surface area (Å²) in [6.45, 7) is 7.46. The van der Waals surface area contributed by atoms with Gasteiger partial charge in [0.25, 0.3) is 0 Å². The molecule has 17 heavy (non-hydrogen) atoms. The van der Waals surface area contributed by atoms with Gasteiger partial charge in [-0.2, -0.15) is 0 Å². The first-order chi connectivity index (χ1) is 8.16. The molecule has 1 atom stereocenters. The fourth-order valence-corrected chi connectivity index (χ4v) is 2.98. The molecule has 0 aliphatic carbocycles. The van der Waals surface area contributed by atoms with Crippen molar-refractivity contribution in [3.63, 3.8) is 0 Å². The summed E-state index contributed by atoms with van der Waals surface area (Å²) in [5.74, 6) is 0. The van der Waals surface area contributed by atoms with Crippen LogP contribution in [0.25, 0.3) is 0 Å². The summed E-state index contributed by atoms with van der Waals surface area (Å²) in [7, 11) is 0. The molecule has 0 aromatic carbocycles. The van der Waals surface area contributed by atoms with E-state index in [0.29, 0.717) is 6.04 Å². The van der Waals surface area contributed by atoms with E-state index in [0.717, 1.165) is 6.54 Å². The van der Waals surface area contributed by atoms with Gasteiger partial charge in [0.15, 0.2) is 0 Å². The van der Waals surface area contributed by atoms with Crippen molar-refractivity contribution in [3.8, 4) is 0 Å². The van der Waals surface area contributed by atoms with E-state index in [9.17, 15) is 0 Å². The molecule has 2 rings (SSSR count). The van der Waals surface area contributed by atoms with Crippen molar-refractivity contribution in [3.05, 3.63) is 51.5 Å². The van der Waals surface area contributed by atoms with E-state index in [-0.39, 0.29) is 0 Å². The van der Waals surface area contributed by atoms with Crippen LogP contribution in [-0.4, -0.2) is 4.98 Å². The first-order valence-corrected chi connectivity index (χ1v) is 6.67. The van der Waals surface area contributed by atoms with Crippen LogP contribution >= 0.6 is 11.3 Å². The highest BCUT2D eigenvalue weighted by molar-refractivity contribution is 7.12. The Kier molecular flexibility index (Phi) is 3.92. The Balaban J connectivity index is 1.98. The van der Waals surface area contributed by atoms with Gasteiger partial charge in [0, 0.05) is 34.7 Å². The Morgan fingerprint density at radius 2 is 2.00 bits per heavy atom. The topological polar surface area (TPSA) is 24.9 Å². The van der Waals surface area contributed by atoms with Gasteiger partial charge in [-0.3, -0.25) is 4.98 Å². The minimum atomic E-state index is 0.396. The second kappa shape index (κ2) is 5.43. The third-order valence-corrected chi connectivity index (χ3v) is 3.89. The second-order valence-electron chi connectivity index (χ2n) is 4.33. The molecule has 0 amide bonds. The van der Waals surface area contributed by atoms with Gasteiger partial charge in [0.1, 0.15) is 0 Å². The Morgan fingerprint density at radius 1 is 1.29 bits per heavy atom. The van der Waals surface area contributed by atoms with Crippen LogP contribution in [0.3, 0.4) is 0 Å². The first-order valence-electron chi connectivity index (χ1n) is 5.86. The number of nitrogens with one attached hydrogen (secondary N) is 1. The van der Waals surface area contributed by atoms with Crippen molar-refractivity contribution >= 4 is 11.3 Å². The monoisotopic (exact) mass is 246 g/mol. The van der Waals surface area contributed by atoms with E-state index in [1.807, 2.05) is 35.9 Å². The zero-order valence-corrected chi connectivity index (χ0v) is 11.3. The minimum absolute atomic E-state index is 0.396. The highest BCUT2D eigenvalue weighted by Crippen LogP contribution is 2.26. The first kappa shape index (κ1) is 12.3. The lowest BCUT2D eigenvalue weighted by Gasteiger charge is -2.13. The SMILES string of the molecule is Cc1cc(C(C)NCc2ccncc2)c(C)s1. The molecule has 0 saturated carbocycles. The van der Waals surface area contributed by atoms with Crippen LogP contribution in [0.15, 0.2) is 30.6 Å². The Morgan fingerprint density at radius 3 is 2.59 bits per heavy atom. The van der Waals surface area contributed by atoms with Crippen molar-refractivity contribution in [1.82, 2.24) is 10.3 Å². The number of hydrogen-bond acceptors (Lipinski definition) is 3. The predicted molar refractivity (Wildman–Crippen MR) is 73.3 cm³/mol. The molecule has 3 heteroatoms. The highest BCUT2D eigenvalue weighted by atomic mass is 32.1. The van der Waals surface area contributed by atoms with Gasteiger partial charge < -0.3 is 5.32 Å². The molecule has 2 nitrogen and oxygen atoms in total. The molecule has 2 aromatic heterocycles. The molecule has 1 N–H and O–H groups in total. The third kappa shape index (κ3) is 3.14. The van der Waals surface area contributed by atoms with Crippen LogP contribution in [0.5, 0.6) is 0 Å². The van der Waals surface area contributed by atoms with E-state index >= 15 is 0 Å². The molecule has 1 unspecified atom stereocenters. The van der Waals surface area contributed by atoms with E-state index < -0.39 is 0 Å². The number of nitrogens with zero attached hydrogens (tertiary/aromatic N) is 1. The molecule has 0 aliphatic heterocycles. The molecular weight excluding hydrogens is 228 g/mol. The van der Waals surface area contributed by atoms with Crippen LogP contribution in [0.1, 0.15) is 33.8 Å². The summed E-state index contributed by atoms with van der Waals surface area (Å²) >= 11 is 1.87. The fraction of sp³-hybridized carbons (Fsp3) is 0.357. The lowest BCUT2D eigenvalue weighted by Crippen LogP contribution is -2.18. The Labute approximate surface area is 107 Å². The maximum atomic E-state index is 4.02. The largest absolute Gasteiger partial charge is 0.306 e. The average molecular weight is 246 g/mol. The van der Waals surface area contributed by atoms with Crippen LogP contribution in [-0.2, 0) is 6.54 Å². The van der Waals surface area contributed by atoms with Crippen LogP contribution in [0.2, 0.25) is 0 Å². The lowest BCUT2D eigenvalue weighted by molar-refractivity contribution is 0.574. The number of aromatic nitrogens is 1.